The molecule has 3 rings (SSSR count). The van der Waals surface area contributed by atoms with Crippen LogP contribution in [-0.4, -0.2) is 29.7 Å². The van der Waals surface area contributed by atoms with Gasteiger partial charge < -0.3 is 19.5 Å². The number of fused-ring (bicyclic) bond motifs is 1. The molecule has 1 atom stereocenters. The molecular formula is C18H16N2O7. The lowest BCUT2D eigenvalue weighted by Gasteiger charge is -2.13. The second kappa shape index (κ2) is 7.73. The summed E-state index contributed by atoms with van der Waals surface area (Å²) >= 11 is 0. The lowest BCUT2D eigenvalue weighted by atomic mass is 10.2. The average Bonchev–Trinajstić information content (AvgIpc) is 3.13. The average molecular weight is 372 g/mol. The molecule has 0 unspecified atom stereocenters. The lowest BCUT2D eigenvalue weighted by Crippen LogP contribution is -2.35. The van der Waals surface area contributed by atoms with E-state index in [1.165, 1.54) is 31.2 Å². The first kappa shape index (κ1) is 18.2. The number of hydrogen-bond donors (Lipinski definition) is 1. The van der Waals surface area contributed by atoms with E-state index in [0.717, 1.165) is 5.56 Å². The van der Waals surface area contributed by atoms with Gasteiger partial charge in [-0.3, -0.25) is 14.9 Å². The number of carbonyl (C=O) groups excluding carboxylic acids is 2. The van der Waals surface area contributed by atoms with Crippen molar-refractivity contribution in [2.24, 2.45) is 0 Å². The van der Waals surface area contributed by atoms with Crippen LogP contribution in [0.3, 0.4) is 0 Å². The Morgan fingerprint density at radius 1 is 1.22 bits per heavy atom. The number of nitro groups is 1. The SMILES string of the molecule is C[C@H](OC(=O)c1ccccc1[N+](=O)[O-])C(=O)NCc1ccc2c(c1)OCO2. The van der Waals surface area contributed by atoms with Crippen molar-refractivity contribution in [2.45, 2.75) is 19.6 Å². The third-order valence-corrected chi connectivity index (χ3v) is 3.88. The number of rotatable bonds is 6. The highest BCUT2D eigenvalue weighted by Gasteiger charge is 2.25. The van der Waals surface area contributed by atoms with Gasteiger partial charge in [0.2, 0.25) is 6.79 Å². The summed E-state index contributed by atoms with van der Waals surface area (Å²) < 4.78 is 15.5. The lowest BCUT2D eigenvalue weighted by molar-refractivity contribution is -0.385. The number of amides is 1. The summed E-state index contributed by atoms with van der Waals surface area (Å²) in [6, 6.07) is 10.6. The third-order valence-electron chi connectivity index (χ3n) is 3.88. The quantitative estimate of drug-likeness (QED) is 0.469. The van der Waals surface area contributed by atoms with Gasteiger partial charge in [0.05, 0.1) is 4.92 Å². The Bertz CT molecular complexity index is 897. The van der Waals surface area contributed by atoms with Crippen molar-refractivity contribution in [1.29, 1.82) is 0 Å². The molecule has 1 amide bonds. The first-order valence-corrected chi connectivity index (χ1v) is 8.06. The van der Waals surface area contributed by atoms with Crippen LogP contribution in [0.15, 0.2) is 42.5 Å². The number of nitrogens with one attached hydrogen (secondary N) is 1. The van der Waals surface area contributed by atoms with Crippen molar-refractivity contribution < 1.29 is 28.7 Å². The van der Waals surface area contributed by atoms with Crippen LogP contribution >= 0.6 is 0 Å². The maximum Gasteiger partial charge on any atom is 0.345 e. The maximum absolute atomic E-state index is 12.2. The normalized spacial score (nSPS) is 12.9. The largest absolute Gasteiger partial charge is 0.454 e. The van der Waals surface area contributed by atoms with Crippen molar-refractivity contribution in [2.75, 3.05) is 6.79 Å². The number of ether oxygens (including phenoxy) is 3. The molecule has 1 aliphatic heterocycles. The molecule has 140 valence electrons. The molecule has 0 saturated carbocycles. The fraction of sp³-hybridized carbons (Fsp3) is 0.222. The summed E-state index contributed by atoms with van der Waals surface area (Å²) in [5.74, 6) is -0.234. The molecule has 27 heavy (non-hydrogen) atoms. The molecular weight excluding hydrogens is 356 g/mol. The van der Waals surface area contributed by atoms with Gasteiger partial charge in [-0.1, -0.05) is 18.2 Å². The Hall–Kier alpha value is -3.62. The highest BCUT2D eigenvalue weighted by molar-refractivity contribution is 5.95. The van der Waals surface area contributed by atoms with E-state index in [-0.39, 0.29) is 24.6 Å². The van der Waals surface area contributed by atoms with Crippen LogP contribution in [0.4, 0.5) is 5.69 Å². The van der Waals surface area contributed by atoms with Gasteiger partial charge in [0.1, 0.15) is 5.56 Å². The van der Waals surface area contributed by atoms with Gasteiger partial charge in [0, 0.05) is 12.6 Å². The van der Waals surface area contributed by atoms with E-state index in [1.807, 2.05) is 0 Å². The Balaban J connectivity index is 1.58. The molecule has 0 radical (unpaired) electrons. The molecule has 2 aromatic rings. The predicted molar refractivity (Wildman–Crippen MR) is 92.4 cm³/mol. The number of hydrogen-bond acceptors (Lipinski definition) is 7. The van der Waals surface area contributed by atoms with E-state index in [4.69, 9.17) is 14.2 Å². The number of para-hydroxylation sites is 1. The minimum absolute atomic E-state index is 0.157. The number of esters is 1. The van der Waals surface area contributed by atoms with Crippen LogP contribution in [-0.2, 0) is 16.1 Å². The van der Waals surface area contributed by atoms with E-state index >= 15 is 0 Å². The molecule has 1 aliphatic rings. The summed E-state index contributed by atoms with van der Waals surface area (Å²) in [5, 5.41) is 13.6. The summed E-state index contributed by atoms with van der Waals surface area (Å²) in [6.07, 6.45) is -1.12. The number of carbonyl (C=O) groups is 2. The Labute approximate surface area is 154 Å². The Morgan fingerprint density at radius 2 is 1.96 bits per heavy atom. The van der Waals surface area contributed by atoms with Gasteiger partial charge in [-0.25, -0.2) is 4.79 Å². The second-order valence-corrected chi connectivity index (χ2v) is 5.73. The Morgan fingerprint density at radius 3 is 2.74 bits per heavy atom. The zero-order chi connectivity index (χ0) is 19.4. The first-order chi connectivity index (χ1) is 13.0. The standard InChI is InChI=1S/C18H16N2O7/c1-11(27-18(22)13-4-2-3-5-14(13)20(23)24)17(21)19-9-12-6-7-15-16(8-12)26-10-25-15/h2-8,11H,9-10H2,1H3,(H,19,21)/t11-/m0/s1. The molecule has 9 heteroatoms. The molecule has 2 aromatic carbocycles. The van der Waals surface area contributed by atoms with Crippen molar-refractivity contribution in [3.63, 3.8) is 0 Å². The fourth-order valence-electron chi connectivity index (χ4n) is 2.47. The Kier molecular flexibility index (Phi) is 5.20. The second-order valence-electron chi connectivity index (χ2n) is 5.73. The number of nitrogens with zero attached hydrogens (tertiary/aromatic N) is 1. The van der Waals surface area contributed by atoms with Crippen LogP contribution in [0.25, 0.3) is 0 Å². The summed E-state index contributed by atoms with van der Waals surface area (Å²) in [5.41, 5.74) is 0.193. The zero-order valence-electron chi connectivity index (χ0n) is 14.3. The summed E-state index contributed by atoms with van der Waals surface area (Å²) in [7, 11) is 0. The van der Waals surface area contributed by atoms with Gasteiger partial charge in [-0.05, 0) is 30.7 Å². The summed E-state index contributed by atoms with van der Waals surface area (Å²) in [6.45, 7) is 1.74. The minimum atomic E-state index is -1.12. The molecule has 0 bridgehead atoms. The van der Waals surface area contributed by atoms with Gasteiger partial charge in [0.25, 0.3) is 11.6 Å². The molecule has 1 N–H and O–H groups in total. The molecule has 0 spiro atoms. The van der Waals surface area contributed by atoms with Crippen LogP contribution in [0.1, 0.15) is 22.8 Å². The van der Waals surface area contributed by atoms with Crippen molar-refractivity contribution in [1.82, 2.24) is 5.32 Å². The van der Waals surface area contributed by atoms with Gasteiger partial charge in [-0.15, -0.1) is 0 Å². The number of benzene rings is 2. The molecule has 0 aliphatic carbocycles. The van der Waals surface area contributed by atoms with Crippen molar-refractivity contribution >= 4 is 17.6 Å². The van der Waals surface area contributed by atoms with Gasteiger partial charge >= 0.3 is 5.97 Å². The third kappa shape index (κ3) is 4.14. The highest BCUT2D eigenvalue weighted by atomic mass is 16.7. The van der Waals surface area contributed by atoms with Crippen LogP contribution < -0.4 is 14.8 Å². The van der Waals surface area contributed by atoms with Crippen molar-refractivity contribution in [3.8, 4) is 11.5 Å². The number of nitro benzene ring substituents is 1. The van der Waals surface area contributed by atoms with Crippen LogP contribution in [0.5, 0.6) is 11.5 Å². The molecule has 1 heterocycles. The molecule has 9 nitrogen and oxygen atoms in total. The highest BCUT2D eigenvalue weighted by Crippen LogP contribution is 2.32. The monoisotopic (exact) mass is 372 g/mol. The van der Waals surface area contributed by atoms with Gasteiger partial charge in [-0.2, -0.15) is 0 Å². The summed E-state index contributed by atoms with van der Waals surface area (Å²) in [4.78, 5) is 34.6. The zero-order valence-corrected chi connectivity index (χ0v) is 14.3. The topological polar surface area (TPSA) is 117 Å². The van der Waals surface area contributed by atoms with E-state index in [0.29, 0.717) is 11.5 Å². The van der Waals surface area contributed by atoms with E-state index in [1.54, 1.807) is 18.2 Å². The first-order valence-electron chi connectivity index (χ1n) is 8.06. The fourth-order valence-corrected chi connectivity index (χ4v) is 2.47. The van der Waals surface area contributed by atoms with E-state index in [9.17, 15) is 19.7 Å². The van der Waals surface area contributed by atoms with Gasteiger partial charge in [0.15, 0.2) is 17.6 Å². The molecule has 0 saturated heterocycles. The smallest absolute Gasteiger partial charge is 0.345 e. The molecule has 0 fully saturated rings. The van der Waals surface area contributed by atoms with Crippen molar-refractivity contribution in [3.05, 3.63) is 63.7 Å². The van der Waals surface area contributed by atoms with E-state index in [2.05, 4.69) is 5.32 Å². The van der Waals surface area contributed by atoms with Crippen LogP contribution in [0.2, 0.25) is 0 Å². The minimum Gasteiger partial charge on any atom is -0.454 e. The maximum atomic E-state index is 12.2. The molecule has 0 aromatic heterocycles. The van der Waals surface area contributed by atoms with Crippen LogP contribution in [0, 0.1) is 10.1 Å². The van der Waals surface area contributed by atoms with E-state index < -0.39 is 22.9 Å². The predicted octanol–water partition coefficient (Wildman–Crippen LogP) is 2.19.